The lowest BCUT2D eigenvalue weighted by atomic mass is 9.83. The smallest absolute Gasteiger partial charge is 0.341 e. The topological polar surface area (TPSA) is 38.7 Å². The molecule has 136 valence electrons. The van der Waals surface area contributed by atoms with E-state index in [4.69, 9.17) is 9.73 Å². The Hall–Kier alpha value is -2.94. The van der Waals surface area contributed by atoms with Crippen molar-refractivity contribution < 1.29 is 9.53 Å². The van der Waals surface area contributed by atoms with Crippen molar-refractivity contribution in [3.63, 3.8) is 0 Å². The molecule has 0 saturated heterocycles. The van der Waals surface area contributed by atoms with Crippen molar-refractivity contribution in [3.05, 3.63) is 83.9 Å². The van der Waals surface area contributed by atoms with Gasteiger partial charge in [0, 0.05) is 12.0 Å². The Morgan fingerprint density at radius 3 is 2.41 bits per heavy atom. The van der Waals surface area contributed by atoms with E-state index in [0.29, 0.717) is 24.7 Å². The zero-order chi connectivity index (χ0) is 18.9. The van der Waals surface area contributed by atoms with Crippen molar-refractivity contribution in [1.82, 2.24) is 0 Å². The summed E-state index contributed by atoms with van der Waals surface area (Å²) in [4.78, 5) is 17.9. The van der Waals surface area contributed by atoms with Crippen LogP contribution in [0.3, 0.4) is 0 Å². The van der Waals surface area contributed by atoms with Crippen LogP contribution in [0, 0.1) is 5.92 Å². The molecular weight excluding hydrogens is 334 g/mol. The molecule has 3 aromatic carbocycles. The van der Waals surface area contributed by atoms with Gasteiger partial charge < -0.3 is 4.74 Å². The molecule has 0 bridgehead atoms. The molecule has 3 nitrogen and oxygen atoms in total. The van der Waals surface area contributed by atoms with E-state index in [1.54, 1.807) is 0 Å². The molecule has 0 aromatic heterocycles. The van der Waals surface area contributed by atoms with Crippen LogP contribution >= 0.6 is 0 Å². The van der Waals surface area contributed by atoms with Crippen molar-refractivity contribution in [3.8, 4) is 0 Å². The number of carbonyl (C=O) groups excluding carboxylic acids is 1. The van der Waals surface area contributed by atoms with Gasteiger partial charge in [-0.25, -0.2) is 9.79 Å². The lowest BCUT2D eigenvalue weighted by molar-refractivity contribution is -0.139. The Morgan fingerprint density at radius 2 is 1.63 bits per heavy atom. The van der Waals surface area contributed by atoms with Gasteiger partial charge in [0.1, 0.15) is 0 Å². The summed E-state index contributed by atoms with van der Waals surface area (Å²) in [5, 5.41) is 2.34. The van der Waals surface area contributed by atoms with E-state index in [9.17, 15) is 4.79 Å². The molecule has 0 radical (unpaired) electrons. The minimum Gasteiger partial charge on any atom is -0.405 e. The minimum atomic E-state index is -0.872. The third-order valence-electron chi connectivity index (χ3n) is 5.01. The summed E-state index contributed by atoms with van der Waals surface area (Å²) in [6.07, 6.45) is 1.20. The molecule has 0 spiro atoms. The minimum absolute atomic E-state index is 0.247. The SMILES string of the molecule is CC(C)C[C@@]1(Cc2cccc3ccccc23)N=C(c2ccccc2)OC1=O. The molecule has 0 unspecified atom stereocenters. The van der Waals surface area contributed by atoms with Gasteiger partial charge in [0.25, 0.3) is 0 Å². The van der Waals surface area contributed by atoms with Gasteiger partial charge in [0.05, 0.1) is 0 Å². The highest BCUT2D eigenvalue weighted by Gasteiger charge is 2.46. The second-order valence-electron chi connectivity index (χ2n) is 7.62. The fourth-order valence-corrected chi connectivity index (χ4v) is 3.90. The molecule has 3 heteroatoms. The van der Waals surface area contributed by atoms with Gasteiger partial charge in [-0.05, 0) is 40.8 Å². The predicted octanol–water partition coefficient (Wildman–Crippen LogP) is 5.17. The van der Waals surface area contributed by atoms with Crippen molar-refractivity contribution in [1.29, 1.82) is 0 Å². The summed E-state index contributed by atoms with van der Waals surface area (Å²) in [6.45, 7) is 4.24. The first-order chi connectivity index (χ1) is 13.1. The van der Waals surface area contributed by atoms with Gasteiger partial charge in [0.2, 0.25) is 5.90 Å². The number of nitrogens with zero attached hydrogens (tertiary/aromatic N) is 1. The van der Waals surface area contributed by atoms with Crippen LogP contribution in [-0.2, 0) is 16.0 Å². The molecule has 1 atom stereocenters. The molecule has 0 saturated carbocycles. The monoisotopic (exact) mass is 357 g/mol. The average Bonchev–Trinajstić information content (AvgIpc) is 2.98. The molecule has 0 aliphatic carbocycles. The third kappa shape index (κ3) is 3.37. The number of ether oxygens (including phenoxy) is 1. The lowest BCUT2D eigenvalue weighted by Gasteiger charge is -2.24. The predicted molar refractivity (Wildman–Crippen MR) is 109 cm³/mol. The van der Waals surface area contributed by atoms with Gasteiger partial charge >= 0.3 is 5.97 Å². The second kappa shape index (κ2) is 6.99. The van der Waals surface area contributed by atoms with E-state index in [0.717, 1.165) is 11.1 Å². The van der Waals surface area contributed by atoms with Crippen molar-refractivity contribution >= 4 is 22.6 Å². The number of carbonyl (C=O) groups is 1. The second-order valence-corrected chi connectivity index (χ2v) is 7.62. The van der Waals surface area contributed by atoms with Crippen LogP contribution in [0.5, 0.6) is 0 Å². The summed E-state index contributed by atoms with van der Waals surface area (Å²) < 4.78 is 5.66. The molecule has 0 N–H and O–H groups in total. The van der Waals surface area contributed by atoms with Gasteiger partial charge in [-0.15, -0.1) is 0 Å². The number of aliphatic imine (C=N–C) groups is 1. The molecule has 1 heterocycles. The summed E-state index contributed by atoms with van der Waals surface area (Å²) in [6, 6.07) is 24.2. The Balaban J connectivity index is 1.79. The molecule has 27 heavy (non-hydrogen) atoms. The van der Waals surface area contributed by atoms with Crippen LogP contribution in [-0.4, -0.2) is 17.4 Å². The number of esters is 1. The molecule has 1 aliphatic rings. The van der Waals surface area contributed by atoms with E-state index < -0.39 is 5.54 Å². The van der Waals surface area contributed by atoms with E-state index in [1.165, 1.54) is 10.8 Å². The van der Waals surface area contributed by atoms with E-state index in [-0.39, 0.29) is 5.97 Å². The van der Waals surface area contributed by atoms with Gasteiger partial charge in [-0.3, -0.25) is 0 Å². The van der Waals surface area contributed by atoms with Crippen molar-refractivity contribution in [2.24, 2.45) is 10.9 Å². The number of hydrogen-bond acceptors (Lipinski definition) is 3. The van der Waals surface area contributed by atoms with E-state index in [2.05, 4.69) is 38.1 Å². The fraction of sp³-hybridized carbons (Fsp3) is 0.250. The maximum absolute atomic E-state index is 13.0. The number of cyclic esters (lactones) is 1. The van der Waals surface area contributed by atoms with Gasteiger partial charge in [-0.2, -0.15) is 0 Å². The van der Waals surface area contributed by atoms with E-state index in [1.807, 2.05) is 48.5 Å². The lowest BCUT2D eigenvalue weighted by Crippen LogP contribution is -2.38. The van der Waals surface area contributed by atoms with Gasteiger partial charge in [0.15, 0.2) is 5.54 Å². The number of rotatable bonds is 5. The van der Waals surface area contributed by atoms with Gasteiger partial charge in [-0.1, -0.05) is 74.5 Å². The average molecular weight is 357 g/mol. The maximum atomic E-state index is 13.0. The fourth-order valence-electron chi connectivity index (χ4n) is 3.90. The third-order valence-corrected chi connectivity index (χ3v) is 5.01. The maximum Gasteiger partial charge on any atom is 0.341 e. The van der Waals surface area contributed by atoms with Crippen LogP contribution < -0.4 is 0 Å². The Bertz CT molecular complexity index is 1000. The van der Waals surface area contributed by atoms with Crippen molar-refractivity contribution in [2.45, 2.75) is 32.2 Å². The summed E-state index contributed by atoms with van der Waals surface area (Å²) >= 11 is 0. The summed E-state index contributed by atoms with van der Waals surface area (Å²) in [5.74, 6) is 0.510. The summed E-state index contributed by atoms with van der Waals surface area (Å²) in [7, 11) is 0. The Labute approximate surface area is 159 Å². The molecule has 0 amide bonds. The zero-order valence-electron chi connectivity index (χ0n) is 15.7. The standard InChI is InChI=1S/C24H23NO2/c1-17(2)15-24(16-20-13-8-12-18-9-6-7-14-21(18)20)23(26)27-22(25-24)19-10-4-3-5-11-19/h3-14,17H,15-16H2,1-2H3/t24-/m0/s1. The van der Waals surface area contributed by atoms with E-state index >= 15 is 0 Å². The Morgan fingerprint density at radius 1 is 0.926 bits per heavy atom. The zero-order valence-corrected chi connectivity index (χ0v) is 15.7. The summed E-state index contributed by atoms with van der Waals surface area (Å²) in [5.41, 5.74) is 1.10. The van der Waals surface area contributed by atoms with Crippen molar-refractivity contribution in [2.75, 3.05) is 0 Å². The van der Waals surface area contributed by atoms with Crippen LogP contribution in [0.4, 0.5) is 0 Å². The highest BCUT2D eigenvalue weighted by molar-refractivity contribution is 6.08. The number of benzene rings is 3. The van der Waals surface area contributed by atoms with Crippen LogP contribution in [0.1, 0.15) is 31.4 Å². The molecular formula is C24H23NO2. The normalized spacial score (nSPS) is 19.4. The quantitative estimate of drug-likeness (QED) is 0.591. The highest BCUT2D eigenvalue weighted by atomic mass is 16.6. The first kappa shape index (κ1) is 17.5. The number of fused-ring (bicyclic) bond motifs is 1. The first-order valence-corrected chi connectivity index (χ1v) is 9.42. The highest BCUT2D eigenvalue weighted by Crippen LogP contribution is 2.35. The number of hydrogen-bond donors (Lipinski definition) is 0. The molecule has 0 fully saturated rings. The van der Waals surface area contributed by atoms with Crippen LogP contribution in [0.25, 0.3) is 10.8 Å². The Kier molecular flexibility index (Phi) is 4.53. The molecule has 1 aliphatic heterocycles. The van der Waals surface area contributed by atoms with Crippen LogP contribution in [0.2, 0.25) is 0 Å². The largest absolute Gasteiger partial charge is 0.405 e. The molecule has 3 aromatic rings. The van der Waals surface area contributed by atoms with Crippen LogP contribution in [0.15, 0.2) is 77.8 Å². The first-order valence-electron chi connectivity index (χ1n) is 9.42. The molecule has 4 rings (SSSR count).